The van der Waals surface area contributed by atoms with Gasteiger partial charge in [0.25, 0.3) is 0 Å². The van der Waals surface area contributed by atoms with Gasteiger partial charge in [0.1, 0.15) is 0 Å². The van der Waals surface area contributed by atoms with Crippen LogP contribution < -0.4 is 5.32 Å². The lowest BCUT2D eigenvalue weighted by Gasteiger charge is -2.07. The number of carboxylic acid groups (broad SMARTS) is 1. The van der Waals surface area contributed by atoms with E-state index in [9.17, 15) is 4.79 Å². The van der Waals surface area contributed by atoms with Crippen LogP contribution in [0.5, 0.6) is 0 Å². The lowest BCUT2D eigenvalue weighted by atomic mass is 10.2. The Kier molecular flexibility index (Phi) is 2.91. The van der Waals surface area contributed by atoms with Crippen molar-refractivity contribution in [1.29, 1.82) is 0 Å². The average molecular weight is 266 g/mol. The zero-order chi connectivity index (χ0) is 14.1. The Hall–Kier alpha value is -2.75. The first-order valence-corrected chi connectivity index (χ1v) is 6.31. The molecule has 4 heteroatoms. The van der Waals surface area contributed by atoms with E-state index >= 15 is 0 Å². The fourth-order valence-electron chi connectivity index (χ4n) is 2.19. The summed E-state index contributed by atoms with van der Waals surface area (Å²) < 4.78 is 1.21. The molecule has 3 rings (SSSR count). The Bertz CT molecular complexity index is 773. The second-order valence-corrected chi connectivity index (χ2v) is 4.73. The smallest absolute Gasteiger partial charge is 0.415 e. The maximum absolute atomic E-state index is 11.0. The second-order valence-electron chi connectivity index (χ2n) is 4.73. The minimum absolute atomic E-state index is 0.687. The normalized spacial score (nSPS) is 10.7. The molecular formula is C16H14N2O2. The minimum atomic E-state index is -0.973. The molecule has 0 radical (unpaired) electrons. The summed E-state index contributed by atoms with van der Waals surface area (Å²) in [7, 11) is 0. The number of aryl methyl sites for hydroxylation is 1. The van der Waals surface area contributed by atoms with Crippen LogP contribution in [0.4, 0.5) is 16.2 Å². The first-order chi connectivity index (χ1) is 9.63. The number of hydrogen-bond donors (Lipinski definition) is 2. The quantitative estimate of drug-likeness (QED) is 0.730. The van der Waals surface area contributed by atoms with E-state index in [0.717, 1.165) is 16.8 Å². The van der Waals surface area contributed by atoms with E-state index in [-0.39, 0.29) is 0 Å². The number of anilines is 2. The van der Waals surface area contributed by atoms with E-state index in [1.807, 2.05) is 43.3 Å². The van der Waals surface area contributed by atoms with Crippen molar-refractivity contribution in [3.63, 3.8) is 0 Å². The second kappa shape index (κ2) is 4.74. The van der Waals surface area contributed by atoms with E-state index < -0.39 is 6.09 Å². The minimum Gasteiger partial charge on any atom is -0.464 e. The maximum atomic E-state index is 11.0. The fourth-order valence-corrected chi connectivity index (χ4v) is 2.19. The zero-order valence-electron chi connectivity index (χ0n) is 11.0. The molecular weight excluding hydrogens is 252 g/mol. The van der Waals surface area contributed by atoms with Crippen molar-refractivity contribution in [1.82, 2.24) is 4.57 Å². The summed E-state index contributed by atoms with van der Waals surface area (Å²) in [4.78, 5) is 11.0. The molecule has 0 amide bonds. The van der Waals surface area contributed by atoms with Crippen LogP contribution in [0.1, 0.15) is 5.56 Å². The van der Waals surface area contributed by atoms with Gasteiger partial charge in [0.05, 0.1) is 5.52 Å². The molecule has 0 saturated carbocycles. The molecule has 0 bridgehead atoms. The lowest BCUT2D eigenvalue weighted by molar-refractivity contribution is 0.197. The summed E-state index contributed by atoms with van der Waals surface area (Å²) in [5, 5.41) is 13.2. The van der Waals surface area contributed by atoms with E-state index in [1.165, 1.54) is 10.1 Å². The summed E-state index contributed by atoms with van der Waals surface area (Å²) >= 11 is 0. The van der Waals surface area contributed by atoms with Crippen LogP contribution >= 0.6 is 0 Å². The van der Waals surface area contributed by atoms with Crippen molar-refractivity contribution in [3.05, 3.63) is 60.3 Å². The third-order valence-electron chi connectivity index (χ3n) is 3.24. The highest BCUT2D eigenvalue weighted by molar-refractivity contribution is 5.91. The van der Waals surface area contributed by atoms with Crippen molar-refractivity contribution in [3.8, 4) is 0 Å². The molecule has 20 heavy (non-hydrogen) atoms. The first kappa shape index (κ1) is 12.3. The topological polar surface area (TPSA) is 54.3 Å². The largest absolute Gasteiger partial charge is 0.464 e. The van der Waals surface area contributed by atoms with E-state index in [1.54, 1.807) is 18.3 Å². The van der Waals surface area contributed by atoms with Gasteiger partial charge in [0.2, 0.25) is 0 Å². The summed E-state index contributed by atoms with van der Waals surface area (Å²) in [6, 6.07) is 15.5. The summed E-state index contributed by atoms with van der Waals surface area (Å²) in [5.74, 6) is 0. The molecule has 0 saturated heterocycles. The monoisotopic (exact) mass is 266 g/mol. The van der Waals surface area contributed by atoms with E-state index in [0.29, 0.717) is 5.52 Å². The predicted molar refractivity (Wildman–Crippen MR) is 79.8 cm³/mol. The van der Waals surface area contributed by atoms with Crippen LogP contribution in [0.15, 0.2) is 54.7 Å². The number of rotatable bonds is 2. The van der Waals surface area contributed by atoms with Crippen molar-refractivity contribution in [2.75, 3.05) is 5.32 Å². The Morgan fingerprint density at radius 2 is 1.75 bits per heavy atom. The van der Waals surface area contributed by atoms with Gasteiger partial charge in [-0.2, -0.15) is 0 Å². The van der Waals surface area contributed by atoms with Crippen LogP contribution in [0.3, 0.4) is 0 Å². The molecule has 0 aliphatic heterocycles. The number of aromatic nitrogens is 1. The number of nitrogens with one attached hydrogen (secondary N) is 1. The fraction of sp³-hybridized carbons (Fsp3) is 0.0625. The molecule has 2 N–H and O–H groups in total. The van der Waals surface area contributed by atoms with Crippen LogP contribution in [0, 0.1) is 6.92 Å². The maximum Gasteiger partial charge on any atom is 0.415 e. The summed E-state index contributed by atoms with van der Waals surface area (Å²) in [6.45, 7) is 2.05. The number of carbonyl (C=O) groups is 1. The Morgan fingerprint density at radius 3 is 2.45 bits per heavy atom. The zero-order valence-corrected chi connectivity index (χ0v) is 11.0. The standard InChI is InChI=1S/C16H14N2O2/c1-11-2-4-13(5-3-11)17-14-6-7-15-12(10-14)8-9-18(15)16(19)20/h2-10,17H,1H3,(H,19,20). The van der Waals surface area contributed by atoms with Crippen LogP contribution in [-0.2, 0) is 0 Å². The highest BCUT2D eigenvalue weighted by atomic mass is 16.4. The number of nitrogens with zero attached hydrogens (tertiary/aromatic N) is 1. The van der Waals surface area contributed by atoms with Crippen LogP contribution in [-0.4, -0.2) is 15.8 Å². The summed E-state index contributed by atoms with van der Waals surface area (Å²) in [6.07, 6.45) is 0.585. The molecule has 2 aromatic carbocycles. The third kappa shape index (κ3) is 2.23. The molecule has 0 fully saturated rings. The van der Waals surface area contributed by atoms with Gasteiger partial charge < -0.3 is 10.4 Å². The van der Waals surface area contributed by atoms with Crippen molar-refractivity contribution >= 4 is 28.4 Å². The Labute approximate surface area is 116 Å². The van der Waals surface area contributed by atoms with Gasteiger partial charge >= 0.3 is 6.09 Å². The molecule has 1 aromatic heterocycles. The highest BCUT2D eigenvalue weighted by Crippen LogP contribution is 2.23. The molecule has 1 heterocycles. The Balaban J connectivity index is 1.93. The van der Waals surface area contributed by atoms with Gasteiger partial charge in [-0.15, -0.1) is 0 Å². The molecule has 100 valence electrons. The van der Waals surface area contributed by atoms with Gasteiger partial charge in [-0.3, -0.25) is 4.57 Å². The molecule has 0 atom stereocenters. The van der Waals surface area contributed by atoms with Crippen molar-refractivity contribution in [2.45, 2.75) is 6.92 Å². The molecule has 4 nitrogen and oxygen atoms in total. The average Bonchev–Trinajstić information content (AvgIpc) is 2.84. The molecule has 0 unspecified atom stereocenters. The van der Waals surface area contributed by atoms with Crippen molar-refractivity contribution in [2.24, 2.45) is 0 Å². The summed E-state index contributed by atoms with van der Waals surface area (Å²) in [5.41, 5.74) is 3.84. The number of fused-ring (bicyclic) bond motifs is 1. The Morgan fingerprint density at radius 1 is 1.05 bits per heavy atom. The highest BCUT2D eigenvalue weighted by Gasteiger charge is 2.07. The molecule has 0 aliphatic rings. The molecule has 0 aliphatic carbocycles. The van der Waals surface area contributed by atoms with Gasteiger partial charge in [-0.1, -0.05) is 17.7 Å². The number of hydrogen-bond acceptors (Lipinski definition) is 2. The SMILES string of the molecule is Cc1ccc(Nc2ccc3c(ccn3C(=O)O)c2)cc1. The molecule has 3 aromatic rings. The molecule has 0 spiro atoms. The third-order valence-corrected chi connectivity index (χ3v) is 3.24. The van der Waals surface area contributed by atoms with Gasteiger partial charge in [0, 0.05) is 23.0 Å². The van der Waals surface area contributed by atoms with Gasteiger partial charge in [-0.25, -0.2) is 4.79 Å². The van der Waals surface area contributed by atoms with Crippen LogP contribution in [0.25, 0.3) is 10.9 Å². The van der Waals surface area contributed by atoms with Gasteiger partial charge in [0.15, 0.2) is 0 Å². The van der Waals surface area contributed by atoms with Crippen molar-refractivity contribution < 1.29 is 9.90 Å². The predicted octanol–water partition coefficient (Wildman–Crippen LogP) is 4.22. The number of benzene rings is 2. The van der Waals surface area contributed by atoms with E-state index in [4.69, 9.17) is 5.11 Å². The first-order valence-electron chi connectivity index (χ1n) is 6.31. The van der Waals surface area contributed by atoms with Gasteiger partial charge in [-0.05, 0) is 43.3 Å². The van der Waals surface area contributed by atoms with Crippen LogP contribution in [0.2, 0.25) is 0 Å². The van der Waals surface area contributed by atoms with E-state index in [2.05, 4.69) is 5.32 Å². The lowest BCUT2D eigenvalue weighted by Crippen LogP contribution is -2.05.